The van der Waals surface area contributed by atoms with E-state index in [0.717, 1.165) is 6.07 Å². The highest BCUT2D eigenvalue weighted by Gasteiger charge is 2.32. The molecule has 0 spiro atoms. The van der Waals surface area contributed by atoms with Crippen LogP contribution in [0.25, 0.3) is 0 Å². The van der Waals surface area contributed by atoms with Crippen LogP contribution in [-0.2, 0) is 6.18 Å². The second-order valence-electron chi connectivity index (χ2n) is 2.68. The van der Waals surface area contributed by atoms with Crippen molar-refractivity contribution in [3.05, 3.63) is 35.4 Å². The lowest BCUT2D eigenvalue weighted by molar-refractivity contribution is -0.137. The van der Waals surface area contributed by atoms with Crippen LogP contribution in [0.3, 0.4) is 0 Å². The van der Waals surface area contributed by atoms with Crippen LogP contribution in [0, 0.1) is 23.2 Å². The summed E-state index contributed by atoms with van der Waals surface area (Å²) in [5, 5.41) is 8.20. The molecule has 0 heterocycles. The Morgan fingerprint density at radius 3 is 2.47 bits per heavy atom. The Kier molecular flexibility index (Phi) is 3.36. The molecule has 0 fully saturated rings. The fourth-order valence-corrected chi connectivity index (χ4v) is 1.02. The van der Waals surface area contributed by atoms with Gasteiger partial charge >= 0.3 is 6.18 Å². The zero-order chi connectivity index (χ0) is 11.3. The molecule has 0 bridgehead atoms. The number of hydrogen-bond acceptors (Lipinski definition) is 1. The molecule has 0 aliphatic carbocycles. The number of rotatable bonds is 0. The van der Waals surface area contributed by atoms with E-state index in [1.54, 1.807) is 6.07 Å². The van der Waals surface area contributed by atoms with Gasteiger partial charge in [-0.05, 0) is 12.1 Å². The Balaban J connectivity index is 3.11. The van der Waals surface area contributed by atoms with E-state index in [4.69, 9.17) is 5.26 Å². The third-order valence-corrected chi connectivity index (χ3v) is 1.62. The summed E-state index contributed by atoms with van der Waals surface area (Å²) < 4.78 is 37.3. The lowest BCUT2D eigenvalue weighted by atomic mass is 10.1. The summed E-state index contributed by atoms with van der Waals surface area (Å²) >= 11 is 0. The maximum absolute atomic E-state index is 12.4. The fourth-order valence-electron chi connectivity index (χ4n) is 1.02. The molecule has 15 heavy (non-hydrogen) atoms. The van der Waals surface area contributed by atoms with E-state index in [0.29, 0.717) is 0 Å². The van der Waals surface area contributed by atoms with Gasteiger partial charge < -0.3 is 0 Å². The quantitative estimate of drug-likeness (QED) is 0.602. The van der Waals surface area contributed by atoms with Gasteiger partial charge in [0.2, 0.25) is 0 Å². The first kappa shape index (κ1) is 11.1. The SMILES string of the molecule is N#CCC#Cc1ccccc1C(F)(F)F. The van der Waals surface area contributed by atoms with Gasteiger partial charge in [0.25, 0.3) is 0 Å². The molecule has 0 amide bonds. The third-order valence-electron chi connectivity index (χ3n) is 1.62. The number of nitriles is 1. The Labute approximate surface area is 85.1 Å². The monoisotopic (exact) mass is 209 g/mol. The van der Waals surface area contributed by atoms with E-state index < -0.39 is 11.7 Å². The van der Waals surface area contributed by atoms with Crippen molar-refractivity contribution in [1.29, 1.82) is 5.26 Å². The minimum absolute atomic E-state index is 0.0772. The van der Waals surface area contributed by atoms with Crippen molar-refractivity contribution >= 4 is 0 Å². The average molecular weight is 209 g/mol. The molecule has 0 aliphatic heterocycles. The van der Waals surface area contributed by atoms with Gasteiger partial charge in [-0.1, -0.05) is 24.0 Å². The molecule has 4 heteroatoms. The average Bonchev–Trinajstić information content (AvgIpc) is 2.17. The maximum Gasteiger partial charge on any atom is 0.417 e. The topological polar surface area (TPSA) is 23.8 Å². The smallest absolute Gasteiger partial charge is 0.197 e. The number of nitrogens with zero attached hydrogens (tertiary/aromatic N) is 1. The molecule has 0 aromatic heterocycles. The van der Waals surface area contributed by atoms with Crippen LogP contribution in [0.2, 0.25) is 0 Å². The van der Waals surface area contributed by atoms with Crippen LogP contribution < -0.4 is 0 Å². The van der Waals surface area contributed by atoms with Crippen molar-refractivity contribution in [1.82, 2.24) is 0 Å². The molecule has 1 rings (SSSR count). The first-order valence-electron chi connectivity index (χ1n) is 4.08. The van der Waals surface area contributed by atoms with Crippen LogP contribution in [0.15, 0.2) is 24.3 Å². The molecule has 1 aromatic rings. The number of halogens is 3. The number of hydrogen-bond donors (Lipinski definition) is 0. The van der Waals surface area contributed by atoms with Gasteiger partial charge in [0.15, 0.2) is 0 Å². The first-order chi connectivity index (χ1) is 7.05. The molecule has 0 N–H and O–H groups in total. The molecule has 0 atom stereocenters. The molecule has 76 valence electrons. The summed E-state index contributed by atoms with van der Waals surface area (Å²) in [7, 11) is 0. The van der Waals surface area contributed by atoms with Crippen LogP contribution >= 0.6 is 0 Å². The molecule has 1 nitrogen and oxygen atoms in total. The van der Waals surface area contributed by atoms with Crippen molar-refractivity contribution < 1.29 is 13.2 Å². The lowest BCUT2D eigenvalue weighted by Gasteiger charge is -2.07. The molecule has 0 aliphatic rings. The van der Waals surface area contributed by atoms with Crippen molar-refractivity contribution in [3.8, 4) is 17.9 Å². The van der Waals surface area contributed by atoms with Gasteiger partial charge in [-0.2, -0.15) is 18.4 Å². The van der Waals surface area contributed by atoms with Gasteiger partial charge in [0.05, 0.1) is 18.1 Å². The minimum atomic E-state index is -4.40. The summed E-state index contributed by atoms with van der Waals surface area (Å²) in [5.74, 6) is 4.68. The second-order valence-corrected chi connectivity index (χ2v) is 2.68. The van der Waals surface area contributed by atoms with Crippen molar-refractivity contribution in [2.24, 2.45) is 0 Å². The lowest BCUT2D eigenvalue weighted by Crippen LogP contribution is -2.07. The highest BCUT2D eigenvalue weighted by molar-refractivity contribution is 5.43. The second kappa shape index (κ2) is 4.52. The molecule has 0 radical (unpaired) electrons. The predicted molar refractivity (Wildman–Crippen MR) is 48.6 cm³/mol. The van der Waals surface area contributed by atoms with Gasteiger partial charge in [-0.15, -0.1) is 0 Å². The van der Waals surface area contributed by atoms with Crippen molar-refractivity contribution in [2.75, 3.05) is 0 Å². The van der Waals surface area contributed by atoms with Crippen LogP contribution in [0.4, 0.5) is 13.2 Å². The van der Waals surface area contributed by atoms with E-state index >= 15 is 0 Å². The first-order valence-corrected chi connectivity index (χ1v) is 4.08. The van der Waals surface area contributed by atoms with E-state index in [-0.39, 0.29) is 12.0 Å². The number of benzene rings is 1. The molecule has 0 unspecified atom stereocenters. The van der Waals surface area contributed by atoms with Gasteiger partial charge in [-0.25, -0.2) is 0 Å². The normalized spacial score (nSPS) is 10.0. The summed E-state index contributed by atoms with van der Waals surface area (Å²) in [6, 6.07) is 6.78. The molecular formula is C11H6F3N. The fraction of sp³-hybridized carbons (Fsp3) is 0.182. The van der Waals surface area contributed by atoms with Crippen LogP contribution in [-0.4, -0.2) is 0 Å². The van der Waals surface area contributed by atoms with Gasteiger partial charge in [-0.3, -0.25) is 0 Å². The zero-order valence-corrected chi connectivity index (χ0v) is 7.60. The van der Waals surface area contributed by atoms with E-state index in [2.05, 4.69) is 11.8 Å². The Hall–Kier alpha value is -1.94. The van der Waals surface area contributed by atoms with Gasteiger partial charge in [0, 0.05) is 5.56 Å². The summed E-state index contributed by atoms with van der Waals surface area (Å²) in [6.07, 6.45) is -4.48. The van der Waals surface area contributed by atoms with Crippen molar-refractivity contribution in [2.45, 2.75) is 12.6 Å². The molecule has 0 saturated carbocycles. The van der Waals surface area contributed by atoms with E-state index in [1.807, 2.05) is 0 Å². The summed E-state index contributed by atoms with van der Waals surface area (Å²) in [6.45, 7) is 0. The summed E-state index contributed by atoms with van der Waals surface area (Å²) in [4.78, 5) is 0. The minimum Gasteiger partial charge on any atom is -0.197 e. The standard InChI is InChI=1S/C11H6F3N/c12-11(13,14)10-7-2-1-5-9(10)6-3-4-8-15/h1-2,5,7H,4H2. The Bertz CT molecular complexity index is 443. The van der Waals surface area contributed by atoms with Gasteiger partial charge in [0.1, 0.15) is 0 Å². The van der Waals surface area contributed by atoms with E-state index in [1.165, 1.54) is 18.2 Å². The Morgan fingerprint density at radius 1 is 1.20 bits per heavy atom. The third kappa shape index (κ3) is 3.03. The zero-order valence-electron chi connectivity index (χ0n) is 7.60. The highest BCUT2D eigenvalue weighted by atomic mass is 19.4. The predicted octanol–water partition coefficient (Wildman–Crippen LogP) is 2.97. The van der Waals surface area contributed by atoms with Crippen molar-refractivity contribution in [3.63, 3.8) is 0 Å². The maximum atomic E-state index is 12.4. The number of alkyl halides is 3. The largest absolute Gasteiger partial charge is 0.417 e. The molecule has 0 saturated heterocycles. The van der Waals surface area contributed by atoms with Crippen LogP contribution in [0.1, 0.15) is 17.5 Å². The molecule has 1 aromatic carbocycles. The Morgan fingerprint density at radius 2 is 1.87 bits per heavy atom. The van der Waals surface area contributed by atoms with Crippen LogP contribution in [0.5, 0.6) is 0 Å². The van der Waals surface area contributed by atoms with E-state index in [9.17, 15) is 13.2 Å². The highest BCUT2D eigenvalue weighted by Crippen LogP contribution is 2.31. The molecular weight excluding hydrogens is 203 g/mol. The summed E-state index contributed by atoms with van der Waals surface area (Å²) in [5.41, 5.74) is -0.865.